The SMILES string of the molecule is CCCCCCCCOC(CCC(=O)OCC(C)COC(=O)OCCN(CC)CC)OCCCCCCCC. The van der Waals surface area contributed by atoms with Gasteiger partial charge >= 0.3 is 12.1 Å². The molecule has 0 saturated carbocycles. The van der Waals surface area contributed by atoms with Crippen molar-refractivity contribution in [3.63, 3.8) is 0 Å². The average molecular weight is 560 g/mol. The van der Waals surface area contributed by atoms with Crippen LogP contribution in [0.4, 0.5) is 4.79 Å². The zero-order valence-electron chi connectivity index (χ0n) is 26.0. The summed E-state index contributed by atoms with van der Waals surface area (Å²) in [6, 6.07) is 0. The predicted molar refractivity (Wildman–Crippen MR) is 157 cm³/mol. The summed E-state index contributed by atoms with van der Waals surface area (Å²) < 4.78 is 27.6. The van der Waals surface area contributed by atoms with Crippen LogP contribution in [0.1, 0.15) is 125 Å². The van der Waals surface area contributed by atoms with Gasteiger partial charge in [0, 0.05) is 32.1 Å². The van der Waals surface area contributed by atoms with Gasteiger partial charge in [-0.15, -0.1) is 0 Å². The quantitative estimate of drug-likeness (QED) is 0.0553. The van der Waals surface area contributed by atoms with Gasteiger partial charge in [-0.05, 0) is 25.9 Å². The summed E-state index contributed by atoms with van der Waals surface area (Å²) in [5, 5.41) is 0. The smallest absolute Gasteiger partial charge is 0.465 e. The lowest BCUT2D eigenvalue weighted by Crippen LogP contribution is -2.28. The van der Waals surface area contributed by atoms with Gasteiger partial charge in [0.15, 0.2) is 6.29 Å². The number of nitrogens with zero attached hydrogens (tertiary/aromatic N) is 1. The standard InChI is InChI=1S/C31H61NO7/c1-6-10-12-14-16-18-23-35-30(36-24-19-17-15-13-11-7-2)21-20-29(33)38-26-28(5)27-39-31(34)37-25-22-32(8-3)9-4/h28,30H,6-27H2,1-5H3. The van der Waals surface area contributed by atoms with Crippen molar-refractivity contribution in [1.29, 1.82) is 0 Å². The van der Waals surface area contributed by atoms with Crippen LogP contribution in [0.25, 0.3) is 0 Å². The lowest BCUT2D eigenvalue weighted by atomic mass is 10.1. The highest BCUT2D eigenvalue weighted by Gasteiger charge is 2.15. The van der Waals surface area contributed by atoms with Crippen molar-refractivity contribution < 1.29 is 33.3 Å². The molecule has 0 spiro atoms. The Morgan fingerprint density at radius 3 is 1.69 bits per heavy atom. The van der Waals surface area contributed by atoms with Crippen LogP contribution >= 0.6 is 0 Å². The van der Waals surface area contributed by atoms with Gasteiger partial charge in [0.1, 0.15) is 13.2 Å². The fourth-order valence-electron chi connectivity index (χ4n) is 4.05. The Labute approximate surface area is 239 Å². The van der Waals surface area contributed by atoms with Gasteiger partial charge in [0.05, 0.1) is 13.0 Å². The summed E-state index contributed by atoms with van der Waals surface area (Å²) in [7, 11) is 0. The molecule has 0 aliphatic heterocycles. The van der Waals surface area contributed by atoms with Crippen LogP contribution in [0.3, 0.4) is 0 Å². The number of hydrogen-bond donors (Lipinski definition) is 0. The highest BCUT2D eigenvalue weighted by atomic mass is 16.7. The molecule has 0 aliphatic carbocycles. The number of ether oxygens (including phenoxy) is 5. The van der Waals surface area contributed by atoms with Crippen molar-refractivity contribution in [2.75, 3.05) is 52.7 Å². The Morgan fingerprint density at radius 2 is 1.15 bits per heavy atom. The lowest BCUT2D eigenvalue weighted by molar-refractivity contribution is -0.160. The topological polar surface area (TPSA) is 83.5 Å². The number of carbonyl (C=O) groups is 2. The monoisotopic (exact) mass is 559 g/mol. The van der Waals surface area contributed by atoms with Crippen molar-refractivity contribution in [2.24, 2.45) is 5.92 Å². The third-order valence-electron chi connectivity index (χ3n) is 6.72. The minimum Gasteiger partial charge on any atom is -0.465 e. The first-order valence-electron chi connectivity index (χ1n) is 15.9. The molecule has 0 N–H and O–H groups in total. The minimum absolute atomic E-state index is 0.118. The molecular weight excluding hydrogens is 498 g/mol. The molecule has 0 aromatic rings. The first kappa shape index (κ1) is 37.6. The molecule has 0 bridgehead atoms. The van der Waals surface area contributed by atoms with Crippen molar-refractivity contribution in [1.82, 2.24) is 4.90 Å². The Balaban J connectivity index is 4.20. The molecule has 0 saturated heterocycles. The fourth-order valence-corrected chi connectivity index (χ4v) is 4.05. The van der Waals surface area contributed by atoms with Gasteiger partial charge in [-0.1, -0.05) is 98.8 Å². The Hall–Kier alpha value is -1.38. The molecule has 8 heteroatoms. The highest BCUT2D eigenvalue weighted by molar-refractivity contribution is 5.69. The molecule has 0 fully saturated rings. The zero-order valence-corrected chi connectivity index (χ0v) is 26.0. The highest BCUT2D eigenvalue weighted by Crippen LogP contribution is 2.12. The third-order valence-corrected chi connectivity index (χ3v) is 6.72. The molecule has 0 rings (SSSR count). The van der Waals surface area contributed by atoms with Crippen LogP contribution in [0.5, 0.6) is 0 Å². The third kappa shape index (κ3) is 25.3. The van der Waals surface area contributed by atoms with Crippen molar-refractivity contribution in [3.05, 3.63) is 0 Å². The van der Waals surface area contributed by atoms with E-state index in [1.54, 1.807) is 0 Å². The second kappa shape index (κ2) is 28.2. The summed E-state index contributed by atoms with van der Waals surface area (Å²) in [5.74, 6) is -0.409. The Kier molecular flexibility index (Phi) is 27.2. The molecule has 39 heavy (non-hydrogen) atoms. The minimum atomic E-state index is -0.687. The molecule has 8 nitrogen and oxygen atoms in total. The van der Waals surface area contributed by atoms with E-state index in [0.717, 1.165) is 38.8 Å². The van der Waals surface area contributed by atoms with Gasteiger partial charge in [-0.3, -0.25) is 4.79 Å². The fraction of sp³-hybridized carbons (Fsp3) is 0.935. The zero-order chi connectivity index (χ0) is 29.0. The normalized spacial score (nSPS) is 12.2. The molecule has 232 valence electrons. The van der Waals surface area contributed by atoms with Crippen LogP contribution in [0.2, 0.25) is 0 Å². The van der Waals surface area contributed by atoms with E-state index in [-0.39, 0.29) is 37.8 Å². The van der Waals surface area contributed by atoms with Crippen molar-refractivity contribution >= 4 is 12.1 Å². The molecule has 0 aliphatic rings. The van der Waals surface area contributed by atoms with Crippen LogP contribution in [-0.4, -0.2) is 76.0 Å². The summed E-state index contributed by atoms with van der Waals surface area (Å²) in [4.78, 5) is 26.3. The van der Waals surface area contributed by atoms with Crippen LogP contribution in [-0.2, 0) is 28.5 Å². The molecule has 1 unspecified atom stereocenters. The van der Waals surface area contributed by atoms with E-state index >= 15 is 0 Å². The number of esters is 1. The van der Waals surface area contributed by atoms with E-state index in [2.05, 4.69) is 32.6 Å². The van der Waals surface area contributed by atoms with Crippen molar-refractivity contribution in [3.8, 4) is 0 Å². The maximum absolute atomic E-state index is 12.3. The number of hydrogen-bond acceptors (Lipinski definition) is 8. The summed E-state index contributed by atoms with van der Waals surface area (Å²) in [6.07, 6.45) is 14.1. The largest absolute Gasteiger partial charge is 0.508 e. The average Bonchev–Trinajstić information content (AvgIpc) is 2.94. The van der Waals surface area contributed by atoms with E-state index in [9.17, 15) is 9.59 Å². The van der Waals surface area contributed by atoms with E-state index in [0.29, 0.717) is 32.8 Å². The molecule has 0 amide bonds. The Bertz CT molecular complexity index is 539. The molecule has 0 aromatic carbocycles. The first-order valence-corrected chi connectivity index (χ1v) is 15.9. The Morgan fingerprint density at radius 1 is 0.641 bits per heavy atom. The molecule has 0 heterocycles. The van der Waals surface area contributed by atoms with Gasteiger partial charge in [0.25, 0.3) is 0 Å². The number of rotatable bonds is 28. The first-order chi connectivity index (χ1) is 19.0. The van der Waals surface area contributed by atoms with Crippen molar-refractivity contribution in [2.45, 2.75) is 131 Å². The van der Waals surface area contributed by atoms with Gasteiger partial charge < -0.3 is 28.6 Å². The van der Waals surface area contributed by atoms with Gasteiger partial charge in [-0.2, -0.15) is 0 Å². The molecule has 1 atom stereocenters. The van der Waals surface area contributed by atoms with Crippen LogP contribution in [0, 0.1) is 5.92 Å². The maximum atomic E-state index is 12.3. The van der Waals surface area contributed by atoms with E-state index in [1.807, 2.05) is 6.92 Å². The van der Waals surface area contributed by atoms with E-state index < -0.39 is 6.16 Å². The number of likely N-dealkylation sites (N-methyl/N-ethyl adjacent to an activating group) is 1. The predicted octanol–water partition coefficient (Wildman–Crippen LogP) is 7.52. The molecular formula is C31H61NO7. The van der Waals surface area contributed by atoms with Crippen LogP contribution < -0.4 is 0 Å². The maximum Gasteiger partial charge on any atom is 0.508 e. The van der Waals surface area contributed by atoms with Gasteiger partial charge in [-0.25, -0.2) is 4.79 Å². The van der Waals surface area contributed by atoms with E-state index in [1.165, 1.54) is 51.4 Å². The second-order valence-electron chi connectivity index (χ2n) is 10.5. The van der Waals surface area contributed by atoms with Gasteiger partial charge in [0.2, 0.25) is 0 Å². The number of unbranched alkanes of at least 4 members (excludes halogenated alkanes) is 10. The lowest BCUT2D eigenvalue weighted by Gasteiger charge is -2.19. The number of carbonyl (C=O) groups excluding carboxylic acids is 2. The summed E-state index contributed by atoms with van der Waals surface area (Å²) in [5.41, 5.74) is 0. The molecule has 0 aromatic heterocycles. The van der Waals surface area contributed by atoms with E-state index in [4.69, 9.17) is 23.7 Å². The molecule has 0 radical (unpaired) electrons. The summed E-state index contributed by atoms with van der Waals surface area (Å²) in [6.45, 7) is 14.9. The van der Waals surface area contributed by atoms with Crippen LogP contribution in [0.15, 0.2) is 0 Å². The second-order valence-corrected chi connectivity index (χ2v) is 10.5. The summed E-state index contributed by atoms with van der Waals surface area (Å²) >= 11 is 0.